The normalized spacial score (nSPS) is 18.5. The Hall–Kier alpha value is -1.86. The molecule has 1 aliphatic rings. The smallest absolute Gasteiger partial charge is 0.169 e. The molecule has 1 fully saturated rings. The van der Waals surface area contributed by atoms with Gasteiger partial charge in [-0.3, -0.25) is 4.90 Å². The summed E-state index contributed by atoms with van der Waals surface area (Å²) in [5.41, 5.74) is 3.68. The van der Waals surface area contributed by atoms with Crippen LogP contribution in [0, 0.1) is 18.6 Å². The highest BCUT2D eigenvalue weighted by Gasteiger charge is 2.25. The van der Waals surface area contributed by atoms with E-state index in [1.165, 1.54) is 12.1 Å². The molecule has 0 N–H and O–H groups in total. The molecule has 4 nitrogen and oxygen atoms in total. The van der Waals surface area contributed by atoms with E-state index < -0.39 is 11.6 Å². The molecule has 0 aliphatic carbocycles. The van der Waals surface area contributed by atoms with E-state index >= 15 is 0 Å². The number of piperidine rings is 1. The molecule has 0 spiro atoms. The number of hydrogen-bond acceptors (Lipinski definition) is 3. The molecule has 4 rings (SSSR count). The van der Waals surface area contributed by atoms with Crippen LogP contribution in [0.2, 0.25) is 0 Å². The zero-order chi connectivity index (χ0) is 18.3. The number of halogens is 3. The van der Waals surface area contributed by atoms with Gasteiger partial charge in [-0.25, -0.2) is 18.3 Å². The number of benzene rings is 1. The van der Waals surface area contributed by atoms with Gasteiger partial charge in [0, 0.05) is 25.2 Å². The molecule has 1 saturated heterocycles. The zero-order valence-electron chi connectivity index (χ0n) is 14.4. The van der Waals surface area contributed by atoms with Gasteiger partial charge in [-0.2, -0.15) is 5.10 Å². The predicted molar refractivity (Wildman–Crippen MR) is 99.0 cm³/mol. The molecule has 1 aromatic carbocycles. The summed E-state index contributed by atoms with van der Waals surface area (Å²) < 4.78 is 29.5. The first kappa shape index (κ1) is 17.5. The fourth-order valence-corrected chi connectivity index (χ4v) is 4.04. The average Bonchev–Trinajstić information content (AvgIpc) is 2.93. The number of aromatic nitrogens is 3. The van der Waals surface area contributed by atoms with Crippen molar-refractivity contribution >= 4 is 21.6 Å². The van der Waals surface area contributed by atoms with Gasteiger partial charge in [0.1, 0.15) is 0 Å². The van der Waals surface area contributed by atoms with Crippen LogP contribution in [0.1, 0.15) is 35.7 Å². The molecule has 1 aliphatic heterocycles. The Morgan fingerprint density at radius 3 is 2.88 bits per heavy atom. The van der Waals surface area contributed by atoms with E-state index in [2.05, 4.69) is 30.9 Å². The summed E-state index contributed by atoms with van der Waals surface area (Å²) in [6.07, 6.45) is 3.95. The lowest BCUT2D eigenvalue weighted by Crippen LogP contribution is -2.34. The summed E-state index contributed by atoms with van der Waals surface area (Å²) in [6.45, 7) is 4.38. The quantitative estimate of drug-likeness (QED) is 0.627. The van der Waals surface area contributed by atoms with Gasteiger partial charge in [0.2, 0.25) is 0 Å². The molecule has 136 valence electrons. The summed E-state index contributed by atoms with van der Waals surface area (Å²) in [5.74, 6) is -1.27. The van der Waals surface area contributed by atoms with Gasteiger partial charge in [-0.15, -0.1) is 0 Å². The molecule has 3 heterocycles. The van der Waals surface area contributed by atoms with Crippen molar-refractivity contribution in [2.45, 2.75) is 32.2 Å². The summed E-state index contributed by atoms with van der Waals surface area (Å²) in [4.78, 5) is 6.71. The third kappa shape index (κ3) is 3.25. The lowest BCUT2D eigenvalue weighted by atomic mass is 9.94. The summed E-state index contributed by atoms with van der Waals surface area (Å²) >= 11 is 3.56. The fourth-order valence-electron chi connectivity index (χ4n) is 3.69. The SMILES string of the molecule is Cc1nn2c(C3CCCN(Cc4ccc(F)c(F)c4)C3)ccnc2c1Br. The van der Waals surface area contributed by atoms with Gasteiger partial charge in [-0.05, 0) is 66.0 Å². The Balaban J connectivity index is 1.57. The second-order valence-corrected chi connectivity index (χ2v) is 7.62. The number of aryl methyl sites for hydroxylation is 1. The van der Waals surface area contributed by atoms with Crippen LogP contribution in [0.4, 0.5) is 8.78 Å². The minimum atomic E-state index is -0.802. The molecular formula is C19H19BrF2N4. The highest BCUT2D eigenvalue weighted by Crippen LogP contribution is 2.30. The molecule has 3 aromatic rings. The second-order valence-electron chi connectivity index (χ2n) is 6.83. The molecule has 1 unspecified atom stereocenters. The number of fused-ring (bicyclic) bond motifs is 1. The number of hydrogen-bond donors (Lipinski definition) is 0. The highest BCUT2D eigenvalue weighted by molar-refractivity contribution is 9.10. The maximum absolute atomic E-state index is 13.5. The largest absolute Gasteiger partial charge is 0.298 e. The van der Waals surface area contributed by atoms with Crippen LogP contribution in [-0.2, 0) is 6.54 Å². The fraction of sp³-hybridized carbons (Fsp3) is 0.368. The van der Waals surface area contributed by atoms with Crippen molar-refractivity contribution in [2.75, 3.05) is 13.1 Å². The number of nitrogens with zero attached hydrogens (tertiary/aromatic N) is 4. The first-order valence-corrected chi connectivity index (χ1v) is 9.48. The maximum Gasteiger partial charge on any atom is 0.169 e. The number of rotatable bonds is 3. The summed E-state index contributed by atoms with van der Waals surface area (Å²) in [7, 11) is 0. The molecule has 0 amide bonds. The Labute approximate surface area is 159 Å². The van der Waals surface area contributed by atoms with Crippen molar-refractivity contribution in [3.63, 3.8) is 0 Å². The van der Waals surface area contributed by atoms with Crippen molar-refractivity contribution in [3.05, 3.63) is 63.5 Å². The van der Waals surface area contributed by atoms with Gasteiger partial charge in [0.15, 0.2) is 17.3 Å². The van der Waals surface area contributed by atoms with Gasteiger partial charge < -0.3 is 0 Å². The van der Waals surface area contributed by atoms with Crippen LogP contribution in [0.15, 0.2) is 34.9 Å². The molecule has 0 radical (unpaired) electrons. The molecule has 1 atom stereocenters. The Bertz CT molecular complexity index is 956. The highest BCUT2D eigenvalue weighted by atomic mass is 79.9. The van der Waals surface area contributed by atoms with Crippen molar-refractivity contribution in [2.24, 2.45) is 0 Å². The van der Waals surface area contributed by atoms with Crippen LogP contribution in [0.25, 0.3) is 5.65 Å². The van der Waals surface area contributed by atoms with Gasteiger partial charge >= 0.3 is 0 Å². The van der Waals surface area contributed by atoms with Crippen LogP contribution in [0.3, 0.4) is 0 Å². The van der Waals surface area contributed by atoms with E-state index in [4.69, 9.17) is 0 Å². The Morgan fingerprint density at radius 2 is 2.08 bits per heavy atom. The average molecular weight is 421 g/mol. The van der Waals surface area contributed by atoms with Gasteiger partial charge in [-0.1, -0.05) is 6.07 Å². The van der Waals surface area contributed by atoms with Crippen LogP contribution in [-0.4, -0.2) is 32.6 Å². The van der Waals surface area contributed by atoms with Crippen molar-refractivity contribution in [1.29, 1.82) is 0 Å². The molecule has 7 heteroatoms. The van der Waals surface area contributed by atoms with Gasteiger partial charge in [0.05, 0.1) is 15.9 Å². The van der Waals surface area contributed by atoms with Crippen LogP contribution < -0.4 is 0 Å². The van der Waals surface area contributed by atoms with Crippen molar-refractivity contribution < 1.29 is 8.78 Å². The van der Waals surface area contributed by atoms with Crippen molar-refractivity contribution in [3.8, 4) is 0 Å². The lowest BCUT2D eigenvalue weighted by molar-refractivity contribution is 0.197. The number of likely N-dealkylation sites (tertiary alicyclic amines) is 1. The molecular weight excluding hydrogens is 402 g/mol. The first-order chi connectivity index (χ1) is 12.5. The third-order valence-electron chi connectivity index (χ3n) is 4.97. The summed E-state index contributed by atoms with van der Waals surface area (Å²) in [5, 5.41) is 4.62. The van der Waals surface area contributed by atoms with E-state index in [0.717, 1.165) is 53.0 Å². The lowest BCUT2D eigenvalue weighted by Gasteiger charge is -2.33. The van der Waals surface area contributed by atoms with Crippen LogP contribution >= 0.6 is 15.9 Å². The Kier molecular flexibility index (Phi) is 4.75. The standard InChI is InChI=1S/C19H19BrF2N4/c1-12-18(20)19-23-7-6-17(26(19)24-12)14-3-2-8-25(11-14)10-13-4-5-15(21)16(22)9-13/h4-7,9,14H,2-3,8,10-11H2,1H3. The predicted octanol–water partition coefficient (Wildman–Crippen LogP) is 4.46. The van der Waals surface area contributed by atoms with Crippen molar-refractivity contribution in [1.82, 2.24) is 19.5 Å². The molecule has 26 heavy (non-hydrogen) atoms. The molecule has 0 saturated carbocycles. The summed E-state index contributed by atoms with van der Waals surface area (Å²) in [6, 6.07) is 6.17. The molecule has 2 aromatic heterocycles. The maximum atomic E-state index is 13.5. The van der Waals surface area contributed by atoms with Crippen LogP contribution in [0.5, 0.6) is 0 Å². The van der Waals surface area contributed by atoms with Gasteiger partial charge in [0.25, 0.3) is 0 Å². The van der Waals surface area contributed by atoms with E-state index in [-0.39, 0.29) is 0 Å². The molecule has 0 bridgehead atoms. The monoisotopic (exact) mass is 420 g/mol. The Morgan fingerprint density at radius 1 is 1.23 bits per heavy atom. The van der Waals surface area contributed by atoms with E-state index in [0.29, 0.717) is 12.5 Å². The minimum absolute atomic E-state index is 0.325. The van der Waals surface area contributed by atoms with E-state index in [1.54, 1.807) is 6.07 Å². The van der Waals surface area contributed by atoms with E-state index in [1.807, 2.05) is 23.7 Å². The topological polar surface area (TPSA) is 33.4 Å². The minimum Gasteiger partial charge on any atom is -0.298 e. The first-order valence-electron chi connectivity index (χ1n) is 8.69. The second kappa shape index (κ2) is 7.04. The third-order valence-corrected chi connectivity index (χ3v) is 5.89. The zero-order valence-corrected chi connectivity index (χ0v) is 16.0. The van der Waals surface area contributed by atoms with E-state index in [9.17, 15) is 8.78 Å².